The van der Waals surface area contributed by atoms with Crippen LogP contribution in [0.4, 0.5) is 14.5 Å². The topological polar surface area (TPSA) is 67.6 Å². The number of nitrogens with zero attached hydrogens (tertiary/aromatic N) is 1. The second-order valence-electron chi connectivity index (χ2n) is 5.11. The van der Waals surface area contributed by atoms with Crippen LogP contribution in [0.3, 0.4) is 0 Å². The molecule has 7 heteroatoms. The Morgan fingerprint density at radius 3 is 2.76 bits per heavy atom. The van der Waals surface area contributed by atoms with Crippen LogP contribution in [-0.4, -0.2) is 49.7 Å². The summed E-state index contributed by atoms with van der Waals surface area (Å²) in [5, 5.41) is 2.60. The van der Waals surface area contributed by atoms with E-state index in [0.717, 1.165) is 25.2 Å². The number of amides is 1. The molecule has 3 N–H and O–H groups in total. The largest absolute Gasteiger partial charge is 0.396 e. The number of hydrogen-bond donors (Lipinski definition) is 2. The first kappa shape index (κ1) is 15.7. The van der Waals surface area contributed by atoms with Gasteiger partial charge in [0.05, 0.1) is 18.9 Å². The number of benzene rings is 1. The Hall–Kier alpha value is -1.73. The fourth-order valence-electron chi connectivity index (χ4n) is 2.29. The summed E-state index contributed by atoms with van der Waals surface area (Å²) in [6.45, 7) is 5.25. The lowest BCUT2D eigenvalue weighted by molar-refractivity contribution is 0.0342. The van der Waals surface area contributed by atoms with Crippen molar-refractivity contribution >= 4 is 11.6 Å². The second kappa shape index (κ2) is 6.82. The van der Waals surface area contributed by atoms with Crippen LogP contribution < -0.4 is 11.1 Å². The normalized spacial score (nSPS) is 17.5. The number of halogens is 2. The van der Waals surface area contributed by atoms with Gasteiger partial charge in [-0.05, 0) is 19.1 Å². The first-order chi connectivity index (χ1) is 9.99. The van der Waals surface area contributed by atoms with Crippen LogP contribution in [0.5, 0.6) is 0 Å². The minimum atomic E-state index is -1.02. The van der Waals surface area contributed by atoms with E-state index < -0.39 is 23.1 Å². The summed E-state index contributed by atoms with van der Waals surface area (Å²) in [6.07, 6.45) is 0. The lowest BCUT2D eigenvalue weighted by Crippen LogP contribution is -2.46. The maximum atomic E-state index is 13.8. The molecule has 0 spiro atoms. The number of ether oxygens (including phenoxy) is 1. The van der Waals surface area contributed by atoms with Gasteiger partial charge in [-0.1, -0.05) is 0 Å². The summed E-state index contributed by atoms with van der Waals surface area (Å²) >= 11 is 0. The molecule has 1 aromatic carbocycles. The molecule has 1 aromatic rings. The summed E-state index contributed by atoms with van der Waals surface area (Å²) in [4.78, 5) is 14.1. The summed E-state index contributed by atoms with van der Waals surface area (Å²) < 4.78 is 32.6. The van der Waals surface area contributed by atoms with Crippen LogP contribution in [0.15, 0.2) is 12.1 Å². The predicted octanol–water partition coefficient (Wildman–Crippen LogP) is 0.997. The van der Waals surface area contributed by atoms with E-state index in [0.29, 0.717) is 19.8 Å². The smallest absolute Gasteiger partial charge is 0.257 e. The quantitative estimate of drug-likeness (QED) is 0.814. The van der Waals surface area contributed by atoms with Gasteiger partial charge in [-0.2, -0.15) is 0 Å². The third kappa shape index (κ3) is 3.89. The number of nitrogen functional groups attached to an aromatic ring is 1. The van der Waals surface area contributed by atoms with E-state index in [1.165, 1.54) is 0 Å². The SMILES string of the molecule is CC(CN1CCOCC1)NC(=O)c1c(F)ccc(N)c1F. The van der Waals surface area contributed by atoms with Crippen molar-refractivity contribution in [1.29, 1.82) is 0 Å². The fraction of sp³-hybridized carbons (Fsp3) is 0.500. The molecule has 1 amide bonds. The summed E-state index contributed by atoms with van der Waals surface area (Å²) in [6, 6.07) is 1.84. The van der Waals surface area contributed by atoms with E-state index >= 15 is 0 Å². The van der Waals surface area contributed by atoms with Crippen molar-refractivity contribution in [3.05, 3.63) is 29.3 Å². The maximum absolute atomic E-state index is 13.8. The Kier molecular flexibility index (Phi) is 5.08. The van der Waals surface area contributed by atoms with Gasteiger partial charge < -0.3 is 15.8 Å². The highest BCUT2D eigenvalue weighted by Crippen LogP contribution is 2.18. The minimum Gasteiger partial charge on any atom is -0.396 e. The number of carbonyl (C=O) groups excluding carboxylic acids is 1. The highest BCUT2D eigenvalue weighted by atomic mass is 19.1. The van der Waals surface area contributed by atoms with Crippen LogP contribution in [0.1, 0.15) is 17.3 Å². The molecule has 1 aliphatic heterocycles. The zero-order valence-electron chi connectivity index (χ0n) is 11.9. The molecule has 1 fully saturated rings. The predicted molar refractivity (Wildman–Crippen MR) is 75.0 cm³/mol. The first-order valence-corrected chi connectivity index (χ1v) is 6.83. The minimum absolute atomic E-state index is 0.240. The van der Waals surface area contributed by atoms with Crippen molar-refractivity contribution in [1.82, 2.24) is 10.2 Å². The van der Waals surface area contributed by atoms with Crippen LogP contribution in [0.25, 0.3) is 0 Å². The highest BCUT2D eigenvalue weighted by Gasteiger charge is 2.22. The lowest BCUT2D eigenvalue weighted by Gasteiger charge is -2.29. The molecular weight excluding hydrogens is 280 g/mol. The molecule has 116 valence electrons. The molecule has 0 bridgehead atoms. The molecule has 21 heavy (non-hydrogen) atoms. The van der Waals surface area contributed by atoms with Crippen molar-refractivity contribution < 1.29 is 18.3 Å². The van der Waals surface area contributed by atoms with Gasteiger partial charge in [0.1, 0.15) is 11.4 Å². The average Bonchev–Trinajstić information content (AvgIpc) is 2.44. The monoisotopic (exact) mass is 299 g/mol. The van der Waals surface area contributed by atoms with E-state index in [9.17, 15) is 13.6 Å². The van der Waals surface area contributed by atoms with Gasteiger partial charge in [0.15, 0.2) is 5.82 Å². The number of nitrogens with one attached hydrogen (secondary N) is 1. The van der Waals surface area contributed by atoms with E-state index in [1.54, 1.807) is 6.92 Å². The van der Waals surface area contributed by atoms with Crippen LogP contribution in [0.2, 0.25) is 0 Å². The number of rotatable bonds is 4. The summed E-state index contributed by atoms with van der Waals surface area (Å²) in [5.74, 6) is -2.73. The maximum Gasteiger partial charge on any atom is 0.257 e. The zero-order chi connectivity index (χ0) is 15.4. The van der Waals surface area contributed by atoms with Gasteiger partial charge in [0.25, 0.3) is 5.91 Å². The van der Waals surface area contributed by atoms with Crippen molar-refractivity contribution in [2.45, 2.75) is 13.0 Å². The van der Waals surface area contributed by atoms with Crippen molar-refractivity contribution in [3.8, 4) is 0 Å². The Morgan fingerprint density at radius 1 is 1.43 bits per heavy atom. The van der Waals surface area contributed by atoms with Gasteiger partial charge in [-0.15, -0.1) is 0 Å². The molecule has 1 saturated heterocycles. The third-order valence-corrected chi connectivity index (χ3v) is 3.36. The standard InChI is InChI=1S/C14H19F2N3O2/c1-9(8-19-4-6-21-7-5-19)18-14(20)12-10(15)2-3-11(17)13(12)16/h2-3,9H,4-8,17H2,1H3,(H,18,20). The van der Waals surface area contributed by atoms with E-state index in [1.807, 2.05) is 0 Å². The van der Waals surface area contributed by atoms with E-state index in [2.05, 4.69) is 10.2 Å². The zero-order valence-corrected chi connectivity index (χ0v) is 11.9. The number of nitrogens with two attached hydrogens (primary N) is 1. The molecule has 0 radical (unpaired) electrons. The first-order valence-electron chi connectivity index (χ1n) is 6.83. The number of carbonyl (C=O) groups is 1. The second-order valence-corrected chi connectivity index (χ2v) is 5.11. The molecule has 1 aliphatic rings. The van der Waals surface area contributed by atoms with Crippen molar-refractivity contribution in [3.63, 3.8) is 0 Å². The molecule has 0 saturated carbocycles. The molecule has 1 atom stereocenters. The number of hydrogen-bond acceptors (Lipinski definition) is 4. The fourth-order valence-corrected chi connectivity index (χ4v) is 2.29. The van der Waals surface area contributed by atoms with Crippen molar-refractivity contribution in [2.24, 2.45) is 0 Å². The molecular formula is C14H19F2N3O2. The van der Waals surface area contributed by atoms with Crippen LogP contribution in [-0.2, 0) is 4.74 Å². The summed E-state index contributed by atoms with van der Waals surface area (Å²) in [7, 11) is 0. The highest BCUT2D eigenvalue weighted by molar-refractivity contribution is 5.95. The van der Waals surface area contributed by atoms with Gasteiger partial charge in [0.2, 0.25) is 0 Å². The Labute approximate surface area is 122 Å². The van der Waals surface area contributed by atoms with Gasteiger partial charge in [-0.3, -0.25) is 9.69 Å². The van der Waals surface area contributed by atoms with Gasteiger partial charge in [-0.25, -0.2) is 8.78 Å². The molecule has 1 heterocycles. The number of anilines is 1. The van der Waals surface area contributed by atoms with Gasteiger partial charge >= 0.3 is 0 Å². The third-order valence-electron chi connectivity index (χ3n) is 3.36. The Balaban J connectivity index is 1.99. The van der Waals surface area contributed by atoms with Gasteiger partial charge in [0, 0.05) is 25.7 Å². The lowest BCUT2D eigenvalue weighted by atomic mass is 10.1. The number of morpholine rings is 1. The Morgan fingerprint density at radius 2 is 2.10 bits per heavy atom. The van der Waals surface area contributed by atoms with Crippen LogP contribution >= 0.6 is 0 Å². The Bertz CT molecular complexity index is 519. The van der Waals surface area contributed by atoms with Crippen molar-refractivity contribution in [2.75, 3.05) is 38.6 Å². The molecule has 5 nitrogen and oxygen atoms in total. The summed E-state index contributed by atoms with van der Waals surface area (Å²) in [5.41, 5.74) is 4.48. The van der Waals surface area contributed by atoms with E-state index in [4.69, 9.17) is 10.5 Å². The molecule has 1 unspecified atom stereocenters. The van der Waals surface area contributed by atoms with E-state index in [-0.39, 0.29) is 11.7 Å². The molecule has 2 rings (SSSR count). The molecule has 0 aliphatic carbocycles. The molecule has 0 aromatic heterocycles. The van der Waals surface area contributed by atoms with Crippen LogP contribution in [0, 0.1) is 11.6 Å². The average molecular weight is 299 g/mol.